The molecule has 0 radical (unpaired) electrons. The van der Waals surface area contributed by atoms with E-state index >= 15 is 0 Å². The minimum atomic E-state index is -0.279. The lowest BCUT2D eigenvalue weighted by atomic mass is 10.1. The van der Waals surface area contributed by atoms with Crippen LogP contribution in [0, 0.1) is 0 Å². The van der Waals surface area contributed by atoms with Crippen molar-refractivity contribution < 1.29 is 4.79 Å². The van der Waals surface area contributed by atoms with Gasteiger partial charge in [0.2, 0.25) is 5.91 Å². The Balaban J connectivity index is 1.55. The van der Waals surface area contributed by atoms with E-state index in [0.29, 0.717) is 23.9 Å². The van der Waals surface area contributed by atoms with Gasteiger partial charge in [-0.3, -0.25) is 9.78 Å². The predicted octanol–water partition coefficient (Wildman–Crippen LogP) is 3.52. The van der Waals surface area contributed by atoms with E-state index in [9.17, 15) is 4.79 Å². The van der Waals surface area contributed by atoms with Crippen molar-refractivity contribution in [3.05, 3.63) is 65.3 Å². The van der Waals surface area contributed by atoms with Gasteiger partial charge in [-0.2, -0.15) is 0 Å². The highest BCUT2D eigenvalue weighted by atomic mass is 35.5. The van der Waals surface area contributed by atoms with Crippen LogP contribution in [0.2, 0.25) is 5.02 Å². The molecule has 132 valence electrons. The molecule has 1 aromatic heterocycles. The number of piperazine rings is 1. The number of anilines is 1. The summed E-state index contributed by atoms with van der Waals surface area (Å²) in [5.41, 5.74) is 2.67. The fourth-order valence-electron chi connectivity index (χ4n) is 3.32. The first-order valence-electron chi connectivity index (χ1n) is 8.63. The van der Waals surface area contributed by atoms with Gasteiger partial charge in [-0.25, -0.2) is 4.98 Å². The summed E-state index contributed by atoms with van der Waals surface area (Å²) in [5, 5.41) is 0.626. The highest BCUT2D eigenvalue weighted by molar-refractivity contribution is 6.31. The largest absolute Gasteiger partial charge is 0.342 e. The van der Waals surface area contributed by atoms with Gasteiger partial charge in [-0.05, 0) is 30.7 Å². The van der Waals surface area contributed by atoms with E-state index < -0.39 is 0 Å². The standard InChI is InChI=1S/C20H19ClN4O/c1-14-20(26)24(13-15-5-3-2-4-6-15)9-10-25(14)19-12-22-17-8-7-16(21)11-18(17)23-19/h2-8,11-12,14H,9-10,13H2,1H3. The molecule has 2 aromatic carbocycles. The molecule has 1 fully saturated rings. The monoisotopic (exact) mass is 366 g/mol. The third-order valence-electron chi connectivity index (χ3n) is 4.75. The van der Waals surface area contributed by atoms with Gasteiger partial charge in [-0.15, -0.1) is 0 Å². The maximum atomic E-state index is 12.8. The van der Waals surface area contributed by atoms with Crippen LogP contribution in [0.15, 0.2) is 54.7 Å². The van der Waals surface area contributed by atoms with Crippen LogP contribution in [0.1, 0.15) is 12.5 Å². The first-order chi connectivity index (χ1) is 12.6. The summed E-state index contributed by atoms with van der Waals surface area (Å²) in [4.78, 5) is 25.9. The van der Waals surface area contributed by atoms with Crippen molar-refractivity contribution >= 4 is 34.4 Å². The van der Waals surface area contributed by atoms with Crippen molar-refractivity contribution in [1.29, 1.82) is 0 Å². The summed E-state index contributed by atoms with van der Waals surface area (Å²) < 4.78 is 0. The van der Waals surface area contributed by atoms with Crippen LogP contribution >= 0.6 is 11.6 Å². The van der Waals surface area contributed by atoms with Crippen LogP contribution in [-0.4, -0.2) is 39.9 Å². The molecule has 1 unspecified atom stereocenters. The molecule has 1 atom stereocenters. The maximum absolute atomic E-state index is 12.8. The highest BCUT2D eigenvalue weighted by Gasteiger charge is 2.32. The maximum Gasteiger partial charge on any atom is 0.245 e. The summed E-state index contributed by atoms with van der Waals surface area (Å²) in [6, 6.07) is 15.2. The Hall–Kier alpha value is -2.66. The van der Waals surface area contributed by atoms with Gasteiger partial charge in [0.05, 0.1) is 17.2 Å². The summed E-state index contributed by atoms with van der Waals surface area (Å²) in [6.45, 7) is 3.94. The lowest BCUT2D eigenvalue weighted by molar-refractivity contribution is -0.134. The molecular weight excluding hydrogens is 348 g/mol. The lowest BCUT2D eigenvalue weighted by Gasteiger charge is -2.39. The number of nitrogens with zero attached hydrogens (tertiary/aromatic N) is 4. The van der Waals surface area contributed by atoms with E-state index in [1.165, 1.54) is 0 Å². The zero-order valence-electron chi connectivity index (χ0n) is 14.5. The average Bonchev–Trinajstić information content (AvgIpc) is 2.66. The Kier molecular flexibility index (Phi) is 4.47. The number of hydrogen-bond acceptors (Lipinski definition) is 4. The zero-order chi connectivity index (χ0) is 18.1. The number of carbonyl (C=O) groups excluding carboxylic acids is 1. The van der Waals surface area contributed by atoms with Gasteiger partial charge in [0, 0.05) is 24.7 Å². The van der Waals surface area contributed by atoms with Crippen LogP contribution in [0.25, 0.3) is 11.0 Å². The summed E-state index contributed by atoms with van der Waals surface area (Å²) in [6.07, 6.45) is 1.73. The molecule has 0 saturated carbocycles. The first kappa shape index (κ1) is 16.8. The number of halogens is 1. The van der Waals surface area contributed by atoms with Gasteiger partial charge in [-0.1, -0.05) is 41.9 Å². The van der Waals surface area contributed by atoms with E-state index in [2.05, 4.69) is 9.97 Å². The molecule has 0 N–H and O–H groups in total. The first-order valence-corrected chi connectivity index (χ1v) is 9.01. The second kappa shape index (κ2) is 6.92. The van der Waals surface area contributed by atoms with E-state index in [0.717, 1.165) is 23.1 Å². The van der Waals surface area contributed by atoms with Crippen molar-refractivity contribution in [1.82, 2.24) is 14.9 Å². The van der Waals surface area contributed by atoms with Gasteiger partial charge in [0.15, 0.2) is 0 Å². The summed E-state index contributed by atoms with van der Waals surface area (Å²) in [5.74, 6) is 0.813. The smallest absolute Gasteiger partial charge is 0.245 e. The molecule has 6 heteroatoms. The van der Waals surface area contributed by atoms with E-state index in [4.69, 9.17) is 11.6 Å². The molecule has 1 aliphatic heterocycles. The van der Waals surface area contributed by atoms with Crippen molar-refractivity contribution in [2.24, 2.45) is 0 Å². The van der Waals surface area contributed by atoms with Crippen molar-refractivity contribution in [3.63, 3.8) is 0 Å². The number of hydrogen-bond donors (Lipinski definition) is 0. The van der Waals surface area contributed by atoms with Crippen LogP contribution in [0.5, 0.6) is 0 Å². The van der Waals surface area contributed by atoms with E-state index in [1.54, 1.807) is 18.3 Å². The second-order valence-electron chi connectivity index (χ2n) is 6.48. The molecule has 0 aliphatic carbocycles. The molecule has 4 rings (SSSR count). The van der Waals surface area contributed by atoms with Crippen molar-refractivity contribution in [2.45, 2.75) is 19.5 Å². The molecule has 2 heterocycles. The fourth-order valence-corrected chi connectivity index (χ4v) is 3.48. The zero-order valence-corrected chi connectivity index (χ0v) is 15.2. The molecule has 0 spiro atoms. The highest BCUT2D eigenvalue weighted by Crippen LogP contribution is 2.23. The minimum Gasteiger partial charge on any atom is -0.342 e. The van der Waals surface area contributed by atoms with E-state index in [1.807, 2.05) is 53.1 Å². The number of fused-ring (bicyclic) bond motifs is 1. The molecule has 1 saturated heterocycles. The number of amides is 1. The van der Waals surface area contributed by atoms with E-state index in [-0.39, 0.29) is 11.9 Å². The van der Waals surface area contributed by atoms with Crippen LogP contribution in [0.4, 0.5) is 5.82 Å². The molecule has 1 aliphatic rings. The SMILES string of the molecule is CC1C(=O)N(Cc2ccccc2)CCN1c1cnc2ccc(Cl)cc2n1. The number of carbonyl (C=O) groups is 1. The molecular formula is C20H19ClN4O. The van der Waals surface area contributed by atoms with Gasteiger partial charge in [0.1, 0.15) is 11.9 Å². The Morgan fingerprint density at radius 1 is 1.12 bits per heavy atom. The fraction of sp³-hybridized carbons (Fsp3) is 0.250. The molecule has 3 aromatic rings. The molecule has 5 nitrogen and oxygen atoms in total. The molecule has 26 heavy (non-hydrogen) atoms. The Morgan fingerprint density at radius 3 is 2.73 bits per heavy atom. The normalized spacial score (nSPS) is 17.8. The number of aromatic nitrogens is 2. The Bertz CT molecular complexity index is 947. The third kappa shape index (κ3) is 3.22. The van der Waals surface area contributed by atoms with Crippen molar-refractivity contribution in [2.75, 3.05) is 18.0 Å². The van der Waals surface area contributed by atoms with Gasteiger partial charge < -0.3 is 9.80 Å². The van der Waals surface area contributed by atoms with Crippen LogP contribution in [-0.2, 0) is 11.3 Å². The summed E-state index contributed by atoms with van der Waals surface area (Å²) >= 11 is 6.06. The second-order valence-corrected chi connectivity index (χ2v) is 6.91. The molecule has 1 amide bonds. The lowest BCUT2D eigenvalue weighted by Crippen LogP contribution is -2.55. The Morgan fingerprint density at radius 2 is 1.92 bits per heavy atom. The molecule has 0 bridgehead atoms. The van der Waals surface area contributed by atoms with Gasteiger partial charge >= 0.3 is 0 Å². The minimum absolute atomic E-state index is 0.105. The summed E-state index contributed by atoms with van der Waals surface area (Å²) in [7, 11) is 0. The number of benzene rings is 2. The van der Waals surface area contributed by atoms with Crippen LogP contribution < -0.4 is 4.90 Å². The topological polar surface area (TPSA) is 49.3 Å². The number of rotatable bonds is 3. The van der Waals surface area contributed by atoms with Crippen LogP contribution in [0.3, 0.4) is 0 Å². The average molecular weight is 367 g/mol. The quantitative estimate of drug-likeness (QED) is 0.711. The van der Waals surface area contributed by atoms with Gasteiger partial charge in [0.25, 0.3) is 0 Å². The third-order valence-corrected chi connectivity index (χ3v) is 4.98. The van der Waals surface area contributed by atoms with Crippen molar-refractivity contribution in [3.8, 4) is 0 Å². The Labute approximate surface area is 157 Å². The predicted molar refractivity (Wildman–Crippen MR) is 103 cm³/mol.